The molecule has 1 aromatic carbocycles. The van der Waals surface area contributed by atoms with Crippen molar-refractivity contribution in [2.75, 3.05) is 19.6 Å². The molecule has 2 saturated heterocycles. The molecule has 5 nitrogen and oxygen atoms in total. The highest BCUT2D eigenvalue weighted by Crippen LogP contribution is 2.15. The third-order valence-electron chi connectivity index (χ3n) is 5.20. The predicted octanol–water partition coefficient (Wildman–Crippen LogP) is 2.21. The Kier molecular flexibility index (Phi) is 6.45. The molecule has 0 saturated carbocycles. The van der Waals surface area contributed by atoms with Gasteiger partial charge in [-0.05, 0) is 43.5 Å². The lowest BCUT2D eigenvalue weighted by Crippen LogP contribution is -2.42. The molecular formula is C20H29N3O2. The Labute approximate surface area is 150 Å². The fourth-order valence-electron chi connectivity index (χ4n) is 3.68. The van der Waals surface area contributed by atoms with E-state index in [1.807, 2.05) is 0 Å². The van der Waals surface area contributed by atoms with Gasteiger partial charge in [0.05, 0.1) is 5.92 Å². The van der Waals surface area contributed by atoms with Crippen molar-refractivity contribution in [3.8, 4) is 0 Å². The lowest BCUT2D eigenvalue weighted by Gasteiger charge is -2.22. The summed E-state index contributed by atoms with van der Waals surface area (Å²) >= 11 is 0. The Hall–Kier alpha value is -1.88. The first-order valence-electron chi connectivity index (χ1n) is 9.55. The van der Waals surface area contributed by atoms with Crippen LogP contribution in [0.3, 0.4) is 0 Å². The van der Waals surface area contributed by atoms with Crippen molar-refractivity contribution in [2.24, 2.45) is 5.92 Å². The highest BCUT2D eigenvalue weighted by atomic mass is 16.2. The molecule has 1 unspecified atom stereocenters. The van der Waals surface area contributed by atoms with E-state index in [-0.39, 0.29) is 17.7 Å². The number of benzene rings is 1. The van der Waals surface area contributed by atoms with E-state index in [0.29, 0.717) is 25.9 Å². The summed E-state index contributed by atoms with van der Waals surface area (Å²) in [6.45, 7) is 4.38. The van der Waals surface area contributed by atoms with Crippen molar-refractivity contribution in [3.05, 3.63) is 35.4 Å². The number of nitrogens with zero attached hydrogens (tertiary/aromatic N) is 1. The van der Waals surface area contributed by atoms with Crippen molar-refractivity contribution in [1.29, 1.82) is 0 Å². The highest BCUT2D eigenvalue weighted by Gasteiger charge is 2.24. The molecule has 0 spiro atoms. The van der Waals surface area contributed by atoms with E-state index in [1.54, 1.807) is 0 Å². The zero-order valence-corrected chi connectivity index (χ0v) is 14.9. The predicted molar refractivity (Wildman–Crippen MR) is 97.8 cm³/mol. The average molecular weight is 343 g/mol. The number of likely N-dealkylation sites (tertiary alicyclic amines) is 1. The van der Waals surface area contributed by atoms with Crippen LogP contribution in [-0.2, 0) is 22.7 Å². The molecule has 3 rings (SSSR count). The van der Waals surface area contributed by atoms with E-state index < -0.39 is 0 Å². The first-order valence-corrected chi connectivity index (χ1v) is 9.55. The molecule has 136 valence electrons. The summed E-state index contributed by atoms with van der Waals surface area (Å²) in [6, 6.07) is 8.52. The standard InChI is InChI=1S/C20H29N3O2/c24-19-9-8-18(14-21-19)20(25)22-13-16-6-5-7-17(12-16)15-23-10-3-1-2-4-11-23/h5-7,12,18H,1-4,8-11,13-15H2,(H,21,24)(H,22,25). The second-order valence-electron chi connectivity index (χ2n) is 7.27. The minimum absolute atomic E-state index is 0.0397. The third-order valence-corrected chi connectivity index (χ3v) is 5.20. The largest absolute Gasteiger partial charge is 0.355 e. The van der Waals surface area contributed by atoms with Gasteiger partial charge in [0.25, 0.3) is 0 Å². The van der Waals surface area contributed by atoms with Gasteiger partial charge in [-0.25, -0.2) is 0 Å². The van der Waals surface area contributed by atoms with E-state index in [2.05, 4.69) is 39.8 Å². The summed E-state index contributed by atoms with van der Waals surface area (Å²) in [5, 5.41) is 5.79. The van der Waals surface area contributed by atoms with Crippen LogP contribution >= 0.6 is 0 Å². The molecule has 25 heavy (non-hydrogen) atoms. The maximum atomic E-state index is 12.2. The average Bonchev–Trinajstić information content (AvgIpc) is 2.89. The van der Waals surface area contributed by atoms with Crippen LogP contribution in [0, 0.1) is 5.92 Å². The molecule has 2 fully saturated rings. The normalized spacial score (nSPS) is 22.1. The van der Waals surface area contributed by atoms with Gasteiger partial charge in [-0.2, -0.15) is 0 Å². The Morgan fingerprint density at radius 1 is 1.16 bits per heavy atom. The Morgan fingerprint density at radius 2 is 1.92 bits per heavy atom. The minimum atomic E-state index is -0.0991. The summed E-state index contributed by atoms with van der Waals surface area (Å²) < 4.78 is 0. The number of rotatable bonds is 5. The molecule has 0 aliphatic carbocycles. The van der Waals surface area contributed by atoms with Gasteiger partial charge in [0.2, 0.25) is 11.8 Å². The molecular weight excluding hydrogens is 314 g/mol. The van der Waals surface area contributed by atoms with Crippen LogP contribution in [0.1, 0.15) is 49.7 Å². The smallest absolute Gasteiger partial charge is 0.225 e. The number of carbonyl (C=O) groups is 2. The second kappa shape index (κ2) is 8.99. The van der Waals surface area contributed by atoms with Crippen LogP contribution in [0.5, 0.6) is 0 Å². The van der Waals surface area contributed by atoms with Crippen LogP contribution < -0.4 is 10.6 Å². The van der Waals surface area contributed by atoms with Crippen LogP contribution in [-0.4, -0.2) is 36.3 Å². The first kappa shape index (κ1) is 17.9. The van der Waals surface area contributed by atoms with E-state index in [1.165, 1.54) is 44.3 Å². The van der Waals surface area contributed by atoms with Crippen molar-refractivity contribution < 1.29 is 9.59 Å². The van der Waals surface area contributed by atoms with Crippen LogP contribution in [0.4, 0.5) is 0 Å². The SMILES string of the molecule is O=C1CCC(C(=O)NCc2cccc(CN3CCCCCC3)c2)CN1. The van der Waals surface area contributed by atoms with E-state index >= 15 is 0 Å². The molecule has 2 heterocycles. The summed E-state index contributed by atoms with van der Waals surface area (Å²) in [4.78, 5) is 26.0. The summed E-state index contributed by atoms with van der Waals surface area (Å²) in [5.41, 5.74) is 2.46. The van der Waals surface area contributed by atoms with E-state index in [9.17, 15) is 9.59 Å². The molecule has 1 aromatic rings. The summed E-state index contributed by atoms with van der Waals surface area (Å²) in [6.07, 6.45) is 6.39. The van der Waals surface area contributed by atoms with Crippen molar-refractivity contribution in [1.82, 2.24) is 15.5 Å². The number of nitrogens with one attached hydrogen (secondary N) is 2. The maximum Gasteiger partial charge on any atom is 0.225 e. The number of amides is 2. The molecule has 1 atom stereocenters. The molecule has 0 radical (unpaired) electrons. The van der Waals surface area contributed by atoms with Gasteiger partial charge in [-0.15, -0.1) is 0 Å². The minimum Gasteiger partial charge on any atom is -0.355 e. The molecule has 2 aliphatic rings. The van der Waals surface area contributed by atoms with Gasteiger partial charge in [-0.3, -0.25) is 14.5 Å². The van der Waals surface area contributed by atoms with Crippen LogP contribution in [0.25, 0.3) is 0 Å². The molecule has 0 aromatic heterocycles. The van der Waals surface area contributed by atoms with Gasteiger partial charge in [0.15, 0.2) is 0 Å². The summed E-state index contributed by atoms with van der Waals surface area (Å²) in [5.74, 6) is -0.0128. The van der Waals surface area contributed by atoms with Gasteiger partial charge in [0.1, 0.15) is 0 Å². The van der Waals surface area contributed by atoms with Gasteiger partial charge >= 0.3 is 0 Å². The van der Waals surface area contributed by atoms with Crippen LogP contribution in [0.15, 0.2) is 24.3 Å². The lowest BCUT2D eigenvalue weighted by atomic mass is 9.98. The van der Waals surface area contributed by atoms with E-state index in [4.69, 9.17) is 0 Å². The molecule has 0 bridgehead atoms. The first-order chi connectivity index (χ1) is 12.2. The Bertz CT molecular complexity index is 584. The number of hydrogen-bond acceptors (Lipinski definition) is 3. The van der Waals surface area contributed by atoms with E-state index in [0.717, 1.165) is 12.1 Å². The Morgan fingerprint density at radius 3 is 2.64 bits per heavy atom. The molecule has 2 amide bonds. The number of carbonyl (C=O) groups excluding carboxylic acids is 2. The fraction of sp³-hybridized carbons (Fsp3) is 0.600. The molecule has 2 N–H and O–H groups in total. The maximum absolute atomic E-state index is 12.2. The van der Waals surface area contributed by atoms with Gasteiger partial charge in [0, 0.05) is 26.1 Å². The topological polar surface area (TPSA) is 61.4 Å². The second-order valence-corrected chi connectivity index (χ2v) is 7.27. The number of hydrogen-bond donors (Lipinski definition) is 2. The van der Waals surface area contributed by atoms with Crippen molar-refractivity contribution in [2.45, 2.75) is 51.6 Å². The lowest BCUT2D eigenvalue weighted by molar-refractivity contribution is -0.129. The highest BCUT2D eigenvalue weighted by molar-refractivity contribution is 5.83. The zero-order valence-electron chi connectivity index (χ0n) is 14.9. The van der Waals surface area contributed by atoms with Gasteiger partial charge in [-0.1, -0.05) is 37.1 Å². The zero-order chi connectivity index (χ0) is 17.5. The fourth-order valence-corrected chi connectivity index (χ4v) is 3.68. The van der Waals surface area contributed by atoms with Crippen LogP contribution in [0.2, 0.25) is 0 Å². The Balaban J connectivity index is 1.49. The molecule has 2 aliphatic heterocycles. The monoisotopic (exact) mass is 343 g/mol. The quantitative estimate of drug-likeness (QED) is 0.862. The van der Waals surface area contributed by atoms with Gasteiger partial charge < -0.3 is 10.6 Å². The number of piperidine rings is 1. The third kappa shape index (κ3) is 5.56. The summed E-state index contributed by atoms with van der Waals surface area (Å²) in [7, 11) is 0. The van der Waals surface area contributed by atoms with Crippen molar-refractivity contribution in [3.63, 3.8) is 0 Å². The van der Waals surface area contributed by atoms with Crippen molar-refractivity contribution >= 4 is 11.8 Å². The molecule has 5 heteroatoms.